The molecule has 0 unspecified atom stereocenters. The number of fused-ring (bicyclic) bond motifs is 1. The SMILES string of the molecule is O=C(O)c1cccc2nc(C3CC3)n(CC3CCCC3)c12. The predicted octanol–water partition coefficient (Wildman–Crippen LogP) is 3.80. The first kappa shape index (κ1) is 12.9. The molecule has 0 spiro atoms. The number of aromatic carboxylic acids is 1. The maximum absolute atomic E-state index is 11.6. The number of aromatic nitrogens is 2. The normalized spacial score (nSPS) is 19.4. The van der Waals surface area contributed by atoms with Crippen LogP contribution in [0.5, 0.6) is 0 Å². The van der Waals surface area contributed by atoms with Crippen LogP contribution < -0.4 is 0 Å². The largest absolute Gasteiger partial charge is 0.478 e. The molecule has 2 saturated carbocycles. The van der Waals surface area contributed by atoms with Crippen molar-refractivity contribution < 1.29 is 9.90 Å². The van der Waals surface area contributed by atoms with Gasteiger partial charge in [-0.25, -0.2) is 9.78 Å². The molecule has 4 heteroatoms. The average Bonchev–Trinajstić information content (AvgIpc) is 3.07. The van der Waals surface area contributed by atoms with Gasteiger partial charge in [-0.1, -0.05) is 18.9 Å². The zero-order chi connectivity index (χ0) is 14.4. The first-order valence-corrected chi connectivity index (χ1v) is 7.96. The van der Waals surface area contributed by atoms with E-state index >= 15 is 0 Å². The van der Waals surface area contributed by atoms with E-state index in [1.54, 1.807) is 12.1 Å². The van der Waals surface area contributed by atoms with Gasteiger partial charge in [-0.3, -0.25) is 0 Å². The Morgan fingerprint density at radius 1 is 1.24 bits per heavy atom. The molecule has 110 valence electrons. The van der Waals surface area contributed by atoms with Crippen LogP contribution in [0.2, 0.25) is 0 Å². The fourth-order valence-electron chi connectivity index (χ4n) is 3.67. The number of hydrogen-bond donors (Lipinski definition) is 1. The van der Waals surface area contributed by atoms with Gasteiger partial charge in [0.2, 0.25) is 0 Å². The minimum atomic E-state index is -0.851. The highest BCUT2D eigenvalue weighted by Gasteiger charge is 2.31. The lowest BCUT2D eigenvalue weighted by Gasteiger charge is -2.15. The zero-order valence-electron chi connectivity index (χ0n) is 12.1. The molecular formula is C17H20N2O2. The zero-order valence-corrected chi connectivity index (χ0v) is 12.1. The molecule has 4 rings (SSSR count). The smallest absolute Gasteiger partial charge is 0.337 e. The third-order valence-corrected chi connectivity index (χ3v) is 4.88. The summed E-state index contributed by atoms with van der Waals surface area (Å²) in [5, 5.41) is 9.49. The molecule has 2 aliphatic carbocycles. The highest BCUT2D eigenvalue weighted by molar-refractivity contribution is 6.01. The molecule has 0 atom stereocenters. The summed E-state index contributed by atoms with van der Waals surface area (Å²) < 4.78 is 2.23. The number of carboxylic acids is 1. The van der Waals surface area contributed by atoms with E-state index in [-0.39, 0.29) is 0 Å². The van der Waals surface area contributed by atoms with Crippen LogP contribution in [0.25, 0.3) is 11.0 Å². The summed E-state index contributed by atoms with van der Waals surface area (Å²) in [4.78, 5) is 16.3. The molecule has 2 fully saturated rings. The van der Waals surface area contributed by atoms with Gasteiger partial charge in [0, 0.05) is 12.5 Å². The van der Waals surface area contributed by atoms with Crippen molar-refractivity contribution in [3.63, 3.8) is 0 Å². The van der Waals surface area contributed by atoms with E-state index in [0.717, 1.165) is 23.4 Å². The summed E-state index contributed by atoms with van der Waals surface area (Å²) in [6.45, 7) is 0.937. The van der Waals surface area contributed by atoms with Crippen molar-refractivity contribution in [2.75, 3.05) is 0 Å². The van der Waals surface area contributed by atoms with Crippen molar-refractivity contribution >= 4 is 17.0 Å². The molecule has 1 aromatic carbocycles. The van der Waals surface area contributed by atoms with Gasteiger partial charge in [-0.2, -0.15) is 0 Å². The van der Waals surface area contributed by atoms with Gasteiger partial charge in [-0.05, 0) is 43.7 Å². The number of carbonyl (C=O) groups is 1. The third kappa shape index (κ3) is 2.23. The van der Waals surface area contributed by atoms with Gasteiger partial charge in [-0.15, -0.1) is 0 Å². The number of para-hydroxylation sites is 1. The van der Waals surface area contributed by atoms with Gasteiger partial charge in [0.1, 0.15) is 5.82 Å². The van der Waals surface area contributed by atoms with Crippen LogP contribution >= 0.6 is 0 Å². The first-order chi connectivity index (χ1) is 10.2. The van der Waals surface area contributed by atoms with Gasteiger partial charge in [0.15, 0.2) is 0 Å². The van der Waals surface area contributed by atoms with E-state index in [2.05, 4.69) is 4.57 Å². The quantitative estimate of drug-likeness (QED) is 0.929. The van der Waals surface area contributed by atoms with Crippen molar-refractivity contribution in [1.82, 2.24) is 9.55 Å². The van der Waals surface area contributed by atoms with Gasteiger partial charge < -0.3 is 9.67 Å². The van der Waals surface area contributed by atoms with Crippen molar-refractivity contribution in [3.8, 4) is 0 Å². The first-order valence-electron chi connectivity index (χ1n) is 7.96. The van der Waals surface area contributed by atoms with E-state index < -0.39 is 5.97 Å². The van der Waals surface area contributed by atoms with Crippen LogP contribution in [-0.2, 0) is 6.54 Å². The van der Waals surface area contributed by atoms with Gasteiger partial charge >= 0.3 is 5.97 Å². The van der Waals surface area contributed by atoms with Crippen molar-refractivity contribution in [2.45, 2.75) is 51.0 Å². The van der Waals surface area contributed by atoms with Gasteiger partial charge in [0.05, 0.1) is 16.6 Å². The highest BCUT2D eigenvalue weighted by Crippen LogP contribution is 2.42. The highest BCUT2D eigenvalue weighted by atomic mass is 16.4. The molecule has 21 heavy (non-hydrogen) atoms. The molecule has 2 aromatic rings. The monoisotopic (exact) mass is 284 g/mol. The molecule has 0 radical (unpaired) electrons. The van der Waals surface area contributed by atoms with Crippen molar-refractivity contribution in [1.29, 1.82) is 0 Å². The summed E-state index contributed by atoms with van der Waals surface area (Å²) in [5.41, 5.74) is 2.07. The topological polar surface area (TPSA) is 55.1 Å². The standard InChI is InChI=1S/C17H20N2O2/c20-17(21)13-6-3-7-14-15(13)19(10-11-4-1-2-5-11)16(18-14)12-8-9-12/h3,6-7,11-12H,1-2,4-5,8-10H2,(H,20,21). The number of hydrogen-bond acceptors (Lipinski definition) is 2. The fraction of sp³-hybridized carbons (Fsp3) is 0.529. The molecule has 0 aliphatic heterocycles. The molecule has 2 aliphatic rings. The number of carboxylic acid groups (broad SMARTS) is 1. The number of rotatable bonds is 4. The second kappa shape index (κ2) is 4.86. The summed E-state index contributed by atoms with van der Waals surface area (Å²) >= 11 is 0. The predicted molar refractivity (Wildman–Crippen MR) is 80.6 cm³/mol. The lowest BCUT2D eigenvalue weighted by Crippen LogP contribution is -2.12. The second-order valence-corrected chi connectivity index (χ2v) is 6.48. The minimum absolute atomic E-state index is 0.393. The Hall–Kier alpha value is -1.84. The van der Waals surface area contributed by atoms with Crippen molar-refractivity contribution in [3.05, 3.63) is 29.6 Å². The molecule has 0 bridgehead atoms. The van der Waals surface area contributed by atoms with E-state index in [4.69, 9.17) is 4.98 Å². The summed E-state index contributed by atoms with van der Waals surface area (Å²) in [6, 6.07) is 5.45. The summed E-state index contributed by atoms with van der Waals surface area (Å²) in [5.74, 6) is 1.49. The van der Waals surface area contributed by atoms with E-state index in [1.165, 1.54) is 38.5 Å². The van der Waals surface area contributed by atoms with Crippen LogP contribution in [0, 0.1) is 5.92 Å². The molecular weight excluding hydrogens is 264 g/mol. The number of benzene rings is 1. The Balaban J connectivity index is 1.86. The lowest BCUT2D eigenvalue weighted by atomic mass is 10.1. The Bertz CT molecular complexity index is 694. The summed E-state index contributed by atoms with van der Waals surface area (Å²) in [7, 11) is 0. The number of nitrogens with zero attached hydrogens (tertiary/aromatic N) is 2. The molecule has 1 N–H and O–H groups in total. The maximum Gasteiger partial charge on any atom is 0.337 e. The summed E-state index contributed by atoms with van der Waals surface area (Å²) in [6.07, 6.45) is 7.52. The Morgan fingerprint density at radius 3 is 2.67 bits per heavy atom. The molecule has 1 heterocycles. The van der Waals surface area contributed by atoms with Crippen LogP contribution in [0.15, 0.2) is 18.2 Å². The fourth-order valence-corrected chi connectivity index (χ4v) is 3.67. The maximum atomic E-state index is 11.6. The molecule has 0 amide bonds. The van der Waals surface area contributed by atoms with Crippen LogP contribution in [0.3, 0.4) is 0 Å². The van der Waals surface area contributed by atoms with E-state index in [1.807, 2.05) is 6.07 Å². The van der Waals surface area contributed by atoms with Crippen LogP contribution in [-0.4, -0.2) is 20.6 Å². The molecule has 1 aromatic heterocycles. The lowest BCUT2D eigenvalue weighted by molar-refractivity contribution is 0.0698. The Kier molecular flexibility index (Phi) is 2.98. The Morgan fingerprint density at radius 2 is 2.00 bits per heavy atom. The molecule has 0 saturated heterocycles. The van der Waals surface area contributed by atoms with E-state index in [9.17, 15) is 9.90 Å². The van der Waals surface area contributed by atoms with Gasteiger partial charge in [0.25, 0.3) is 0 Å². The third-order valence-electron chi connectivity index (χ3n) is 4.88. The number of imidazole rings is 1. The Labute approximate surface area is 123 Å². The van der Waals surface area contributed by atoms with Crippen molar-refractivity contribution in [2.24, 2.45) is 5.92 Å². The minimum Gasteiger partial charge on any atom is -0.478 e. The van der Waals surface area contributed by atoms with E-state index in [0.29, 0.717) is 17.4 Å². The van der Waals surface area contributed by atoms with Crippen LogP contribution in [0.1, 0.15) is 60.6 Å². The molecule has 4 nitrogen and oxygen atoms in total. The average molecular weight is 284 g/mol. The second-order valence-electron chi connectivity index (χ2n) is 6.48. The van der Waals surface area contributed by atoms with Crippen LogP contribution in [0.4, 0.5) is 0 Å².